The molecule has 8 heteroatoms. The highest BCUT2D eigenvalue weighted by atomic mass is 79.9. The van der Waals surface area contributed by atoms with Crippen LogP contribution in [-0.4, -0.2) is 9.91 Å². The summed E-state index contributed by atoms with van der Waals surface area (Å²) in [6.45, 7) is 0. The summed E-state index contributed by atoms with van der Waals surface area (Å²) >= 11 is 2.68. The van der Waals surface area contributed by atoms with Gasteiger partial charge in [-0.05, 0) is 15.9 Å². The Morgan fingerprint density at radius 2 is 2.27 bits per heavy atom. The average molecular weight is 278 g/mol. The van der Waals surface area contributed by atoms with Gasteiger partial charge in [-0.25, -0.2) is 13.8 Å². The second-order valence-electron chi connectivity index (χ2n) is 2.40. The Balaban J connectivity index is 3.44. The van der Waals surface area contributed by atoms with Crippen molar-refractivity contribution in [3.8, 4) is 6.07 Å². The van der Waals surface area contributed by atoms with Crippen LogP contribution in [0.4, 0.5) is 14.5 Å². The van der Waals surface area contributed by atoms with E-state index in [2.05, 4.69) is 20.9 Å². The maximum atomic E-state index is 12.3. The lowest BCUT2D eigenvalue weighted by Gasteiger charge is -2.02. The molecule has 1 heterocycles. The van der Waals surface area contributed by atoms with E-state index in [1.165, 1.54) is 6.07 Å². The Bertz CT molecular complexity index is 458. The van der Waals surface area contributed by atoms with Gasteiger partial charge in [0.1, 0.15) is 11.8 Å². The molecule has 0 saturated heterocycles. The van der Waals surface area contributed by atoms with Crippen molar-refractivity contribution in [1.82, 2.24) is 4.98 Å². The van der Waals surface area contributed by atoms with Gasteiger partial charge < -0.3 is 0 Å². The van der Waals surface area contributed by atoms with Crippen molar-refractivity contribution in [2.24, 2.45) is 0 Å². The number of hydrogen-bond acceptors (Lipinski definition) is 4. The lowest BCUT2D eigenvalue weighted by molar-refractivity contribution is -0.386. The third-order valence-electron chi connectivity index (χ3n) is 1.51. The van der Waals surface area contributed by atoms with Gasteiger partial charge >= 0.3 is 5.69 Å². The minimum Gasteiger partial charge on any atom is -0.258 e. The second-order valence-corrected chi connectivity index (χ2v) is 3.15. The molecular weight excluding hydrogens is 276 g/mol. The fraction of sp³-hybridized carbons (Fsp3) is 0.143. The van der Waals surface area contributed by atoms with E-state index in [1.54, 1.807) is 0 Å². The van der Waals surface area contributed by atoms with Gasteiger partial charge in [-0.3, -0.25) is 10.1 Å². The third kappa shape index (κ3) is 2.24. The fourth-order valence-corrected chi connectivity index (χ4v) is 1.33. The van der Waals surface area contributed by atoms with Crippen LogP contribution < -0.4 is 0 Å². The van der Waals surface area contributed by atoms with E-state index in [4.69, 9.17) is 5.26 Å². The number of pyridine rings is 1. The summed E-state index contributed by atoms with van der Waals surface area (Å²) < 4.78 is 24.3. The first-order valence-corrected chi connectivity index (χ1v) is 4.29. The molecule has 0 atom stereocenters. The van der Waals surface area contributed by atoms with E-state index < -0.39 is 28.3 Å². The number of nitrogens with zero attached hydrogens (tertiary/aromatic N) is 3. The second kappa shape index (κ2) is 4.27. The van der Waals surface area contributed by atoms with E-state index in [9.17, 15) is 18.9 Å². The van der Waals surface area contributed by atoms with Crippen LogP contribution in [0, 0.1) is 21.4 Å². The SMILES string of the molecule is N#Cc1cc([N+](=O)[O-])c(Br)nc1C(F)F. The number of nitriles is 1. The summed E-state index contributed by atoms with van der Waals surface area (Å²) in [5.41, 5.74) is -1.79. The normalized spacial score (nSPS) is 10.1. The molecule has 0 aliphatic carbocycles. The van der Waals surface area contributed by atoms with Gasteiger partial charge in [0.2, 0.25) is 0 Å². The quantitative estimate of drug-likeness (QED) is 0.473. The van der Waals surface area contributed by atoms with Crippen LogP contribution in [0.3, 0.4) is 0 Å². The first-order valence-electron chi connectivity index (χ1n) is 3.50. The molecular formula is C7H2BrF2N3O2. The monoisotopic (exact) mass is 277 g/mol. The highest BCUT2D eigenvalue weighted by molar-refractivity contribution is 9.10. The number of nitro groups is 1. The summed E-state index contributed by atoms with van der Waals surface area (Å²) in [6, 6.07) is 2.19. The van der Waals surface area contributed by atoms with Crippen LogP contribution in [0.1, 0.15) is 17.7 Å². The molecule has 0 amide bonds. The number of hydrogen-bond donors (Lipinski definition) is 0. The topological polar surface area (TPSA) is 79.8 Å². The van der Waals surface area contributed by atoms with Crippen LogP contribution in [0.5, 0.6) is 0 Å². The largest absolute Gasteiger partial charge is 0.303 e. The van der Waals surface area contributed by atoms with Crippen molar-refractivity contribution in [3.05, 3.63) is 32.0 Å². The summed E-state index contributed by atoms with van der Waals surface area (Å²) in [5.74, 6) is 0. The fourth-order valence-electron chi connectivity index (χ4n) is 0.877. The molecule has 1 rings (SSSR count). The van der Waals surface area contributed by atoms with Crippen LogP contribution in [0.25, 0.3) is 0 Å². The zero-order chi connectivity index (χ0) is 11.6. The van der Waals surface area contributed by atoms with E-state index in [-0.39, 0.29) is 4.60 Å². The van der Waals surface area contributed by atoms with Gasteiger partial charge in [0.05, 0.1) is 10.5 Å². The lowest BCUT2D eigenvalue weighted by atomic mass is 10.2. The predicted octanol–water partition coefficient (Wildman–Crippen LogP) is 2.56. The molecule has 0 unspecified atom stereocenters. The molecule has 0 aliphatic rings. The number of aromatic nitrogens is 1. The number of alkyl halides is 2. The number of halogens is 3. The maximum Gasteiger partial charge on any atom is 0.303 e. The Labute approximate surface area is 90.6 Å². The Morgan fingerprint density at radius 3 is 2.67 bits per heavy atom. The van der Waals surface area contributed by atoms with Crippen LogP contribution >= 0.6 is 15.9 Å². The van der Waals surface area contributed by atoms with E-state index in [0.717, 1.165) is 6.07 Å². The molecule has 15 heavy (non-hydrogen) atoms. The molecule has 5 nitrogen and oxygen atoms in total. The van der Waals surface area contributed by atoms with Crippen molar-refractivity contribution in [2.45, 2.75) is 6.43 Å². The molecule has 0 saturated carbocycles. The smallest absolute Gasteiger partial charge is 0.258 e. The standard InChI is InChI=1S/C7H2BrF2N3O2/c8-6-4(13(14)15)1-3(2-11)5(12-6)7(9)10/h1,7H. The first-order chi connectivity index (χ1) is 6.97. The molecule has 78 valence electrons. The highest BCUT2D eigenvalue weighted by Crippen LogP contribution is 2.29. The Hall–Kier alpha value is -1.62. The van der Waals surface area contributed by atoms with Crippen molar-refractivity contribution in [1.29, 1.82) is 5.26 Å². The van der Waals surface area contributed by atoms with Gasteiger partial charge in [-0.1, -0.05) is 0 Å². The zero-order valence-electron chi connectivity index (χ0n) is 6.95. The molecule has 1 aromatic rings. The van der Waals surface area contributed by atoms with E-state index >= 15 is 0 Å². The van der Waals surface area contributed by atoms with E-state index in [1.807, 2.05) is 0 Å². The van der Waals surface area contributed by atoms with Crippen LogP contribution in [0.15, 0.2) is 10.7 Å². The Kier molecular flexibility index (Phi) is 3.26. The van der Waals surface area contributed by atoms with Crippen molar-refractivity contribution in [2.75, 3.05) is 0 Å². The maximum absolute atomic E-state index is 12.3. The summed E-state index contributed by atoms with van der Waals surface area (Å²) in [4.78, 5) is 12.9. The molecule has 0 bridgehead atoms. The average Bonchev–Trinajstić information content (AvgIpc) is 2.16. The molecule has 0 fully saturated rings. The van der Waals surface area contributed by atoms with Gasteiger partial charge in [-0.2, -0.15) is 5.26 Å². The molecule has 1 aromatic heterocycles. The van der Waals surface area contributed by atoms with Crippen molar-refractivity contribution < 1.29 is 13.7 Å². The summed E-state index contributed by atoms with van der Waals surface area (Å²) in [5, 5.41) is 18.9. The third-order valence-corrected chi connectivity index (χ3v) is 2.09. The first kappa shape index (κ1) is 11.5. The lowest BCUT2D eigenvalue weighted by Crippen LogP contribution is -2.00. The molecule has 0 N–H and O–H groups in total. The van der Waals surface area contributed by atoms with Gasteiger partial charge in [0.15, 0.2) is 4.60 Å². The predicted molar refractivity (Wildman–Crippen MR) is 48.3 cm³/mol. The molecule has 0 spiro atoms. The molecule has 0 radical (unpaired) electrons. The zero-order valence-corrected chi connectivity index (χ0v) is 8.53. The summed E-state index contributed by atoms with van der Waals surface area (Å²) in [6.07, 6.45) is -2.95. The van der Waals surface area contributed by atoms with Gasteiger partial charge in [0.25, 0.3) is 6.43 Å². The Morgan fingerprint density at radius 1 is 1.67 bits per heavy atom. The molecule has 0 aliphatic heterocycles. The number of rotatable bonds is 2. The van der Waals surface area contributed by atoms with E-state index in [0.29, 0.717) is 0 Å². The van der Waals surface area contributed by atoms with Gasteiger partial charge in [0, 0.05) is 6.07 Å². The minimum atomic E-state index is -2.95. The van der Waals surface area contributed by atoms with Crippen LogP contribution in [0.2, 0.25) is 0 Å². The minimum absolute atomic E-state index is 0.318. The van der Waals surface area contributed by atoms with Crippen molar-refractivity contribution >= 4 is 21.6 Å². The van der Waals surface area contributed by atoms with Crippen LogP contribution in [-0.2, 0) is 0 Å². The summed E-state index contributed by atoms with van der Waals surface area (Å²) in [7, 11) is 0. The van der Waals surface area contributed by atoms with Gasteiger partial charge in [-0.15, -0.1) is 0 Å². The van der Waals surface area contributed by atoms with Crippen molar-refractivity contribution in [3.63, 3.8) is 0 Å². The molecule has 0 aromatic carbocycles. The highest BCUT2D eigenvalue weighted by Gasteiger charge is 2.22.